The largest absolute Gasteiger partial charge is 0.380 e. The number of amides is 2. The van der Waals surface area contributed by atoms with Gasteiger partial charge < -0.3 is 15.4 Å². The van der Waals surface area contributed by atoms with Crippen molar-refractivity contribution in [1.82, 2.24) is 10.6 Å². The second kappa shape index (κ2) is 6.06. The molecule has 0 saturated carbocycles. The van der Waals surface area contributed by atoms with Gasteiger partial charge >= 0.3 is 6.03 Å². The van der Waals surface area contributed by atoms with Gasteiger partial charge in [0.1, 0.15) is 0 Å². The van der Waals surface area contributed by atoms with Crippen LogP contribution in [0.1, 0.15) is 31.0 Å². The lowest BCUT2D eigenvalue weighted by Gasteiger charge is -2.20. The average Bonchev–Trinajstić information content (AvgIpc) is 2.72. The molecular weight excluding hydrogens is 240 g/mol. The van der Waals surface area contributed by atoms with Crippen molar-refractivity contribution in [3.63, 3.8) is 0 Å². The number of hydrogen-bond acceptors (Lipinski definition) is 2. The highest BCUT2D eigenvalue weighted by Gasteiger charge is 2.30. The SMILES string of the molecule is CO[C@H](C)CNC(=O)N[C@H]1c2ccccc2C[C@H]1C. The van der Waals surface area contributed by atoms with Gasteiger partial charge in [-0.25, -0.2) is 4.79 Å². The summed E-state index contributed by atoms with van der Waals surface area (Å²) in [6, 6.07) is 8.29. The number of methoxy groups -OCH3 is 1. The highest BCUT2D eigenvalue weighted by Crippen LogP contribution is 2.35. The highest BCUT2D eigenvalue weighted by molar-refractivity contribution is 5.74. The van der Waals surface area contributed by atoms with Crippen molar-refractivity contribution in [1.29, 1.82) is 0 Å². The maximum Gasteiger partial charge on any atom is 0.315 e. The summed E-state index contributed by atoms with van der Waals surface area (Å²) in [7, 11) is 1.64. The van der Waals surface area contributed by atoms with Crippen LogP contribution in [-0.2, 0) is 11.2 Å². The number of carbonyl (C=O) groups is 1. The quantitative estimate of drug-likeness (QED) is 0.874. The molecule has 2 N–H and O–H groups in total. The first kappa shape index (κ1) is 13.9. The van der Waals surface area contributed by atoms with Gasteiger partial charge in [-0.15, -0.1) is 0 Å². The van der Waals surface area contributed by atoms with Crippen LogP contribution in [0, 0.1) is 5.92 Å². The van der Waals surface area contributed by atoms with Crippen LogP contribution in [-0.4, -0.2) is 25.8 Å². The molecule has 1 aromatic rings. The van der Waals surface area contributed by atoms with Crippen LogP contribution in [0.4, 0.5) is 4.79 Å². The topological polar surface area (TPSA) is 50.4 Å². The summed E-state index contributed by atoms with van der Waals surface area (Å²) >= 11 is 0. The van der Waals surface area contributed by atoms with E-state index in [4.69, 9.17) is 4.74 Å². The Balaban J connectivity index is 1.94. The number of ether oxygens (including phenoxy) is 1. The van der Waals surface area contributed by atoms with Crippen LogP contribution >= 0.6 is 0 Å². The predicted molar refractivity (Wildman–Crippen MR) is 75.1 cm³/mol. The normalized spacial score (nSPS) is 22.7. The van der Waals surface area contributed by atoms with E-state index < -0.39 is 0 Å². The summed E-state index contributed by atoms with van der Waals surface area (Å²) in [4.78, 5) is 11.9. The number of nitrogens with one attached hydrogen (secondary N) is 2. The Morgan fingerprint density at radius 3 is 2.95 bits per heavy atom. The fourth-order valence-corrected chi connectivity index (χ4v) is 2.53. The highest BCUT2D eigenvalue weighted by atomic mass is 16.5. The Bertz CT molecular complexity index is 448. The first-order chi connectivity index (χ1) is 9.11. The van der Waals surface area contributed by atoms with E-state index in [-0.39, 0.29) is 18.2 Å². The molecule has 0 unspecified atom stereocenters. The Kier molecular flexibility index (Phi) is 4.43. The average molecular weight is 262 g/mol. The minimum atomic E-state index is -0.127. The number of benzene rings is 1. The number of hydrogen-bond donors (Lipinski definition) is 2. The van der Waals surface area contributed by atoms with Crippen LogP contribution in [0.25, 0.3) is 0 Å². The van der Waals surface area contributed by atoms with Crippen LogP contribution in [0.15, 0.2) is 24.3 Å². The molecule has 3 atom stereocenters. The molecule has 104 valence electrons. The van der Waals surface area contributed by atoms with Crippen molar-refractivity contribution in [3.05, 3.63) is 35.4 Å². The molecule has 4 nitrogen and oxygen atoms in total. The zero-order chi connectivity index (χ0) is 13.8. The monoisotopic (exact) mass is 262 g/mol. The van der Waals surface area contributed by atoms with Crippen LogP contribution in [0.2, 0.25) is 0 Å². The van der Waals surface area contributed by atoms with Gasteiger partial charge in [-0.2, -0.15) is 0 Å². The van der Waals surface area contributed by atoms with Crippen molar-refractivity contribution in [3.8, 4) is 0 Å². The van der Waals surface area contributed by atoms with Gasteiger partial charge in [0.15, 0.2) is 0 Å². The van der Waals surface area contributed by atoms with Gasteiger partial charge in [-0.1, -0.05) is 31.2 Å². The van der Waals surface area contributed by atoms with Gasteiger partial charge in [-0.05, 0) is 30.4 Å². The molecule has 2 rings (SSSR count). The van der Waals surface area contributed by atoms with E-state index in [0.29, 0.717) is 12.5 Å². The molecule has 0 bridgehead atoms. The zero-order valence-electron chi connectivity index (χ0n) is 11.8. The molecule has 0 saturated heterocycles. The van der Waals surface area contributed by atoms with E-state index >= 15 is 0 Å². The van der Waals surface area contributed by atoms with Gasteiger partial charge in [0, 0.05) is 13.7 Å². The molecule has 1 aliphatic carbocycles. The van der Waals surface area contributed by atoms with Gasteiger partial charge in [-0.3, -0.25) is 0 Å². The van der Waals surface area contributed by atoms with Crippen LogP contribution < -0.4 is 10.6 Å². The third-order valence-corrected chi connectivity index (χ3v) is 3.74. The Morgan fingerprint density at radius 2 is 2.21 bits per heavy atom. The van der Waals surface area contributed by atoms with Crippen molar-refractivity contribution in [2.75, 3.05) is 13.7 Å². The third kappa shape index (κ3) is 3.26. The molecule has 0 spiro atoms. The molecule has 0 fully saturated rings. The first-order valence-electron chi connectivity index (χ1n) is 6.76. The first-order valence-corrected chi connectivity index (χ1v) is 6.76. The number of urea groups is 1. The van der Waals surface area contributed by atoms with Crippen molar-refractivity contribution in [2.45, 2.75) is 32.4 Å². The van der Waals surface area contributed by atoms with Crippen LogP contribution in [0.5, 0.6) is 0 Å². The molecule has 0 radical (unpaired) electrons. The molecule has 1 aliphatic rings. The maximum atomic E-state index is 11.9. The minimum Gasteiger partial charge on any atom is -0.380 e. The van der Waals surface area contributed by atoms with Crippen molar-refractivity contribution in [2.24, 2.45) is 5.92 Å². The van der Waals surface area contributed by atoms with E-state index in [1.54, 1.807) is 7.11 Å². The summed E-state index contributed by atoms with van der Waals surface area (Å²) < 4.78 is 5.11. The standard InChI is InChI=1S/C15H22N2O2/c1-10-8-12-6-4-5-7-13(12)14(10)17-15(18)16-9-11(2)19-3/h4-7,10-11,14H,8-9H2,1-3H3,(H2,16,17,18)/t10-,11-,14-/m1/s1. The Morgan fingerprint density at radius 1 is 1.47 bits per heavy atom. The fourth-order valence-electron chi connectivity index (χ4n) is 2.53. The lowest BCUT2D eigenvalue weighted by Crippen LogP contribution is -2.42. The molecule has 0 heterocycles. The molecule has 0 aromatic heterocycles. The van der Waals surface area contributed by atoms with E-state index in [2.05, 4.69) is 29.7 Å². The smallest absolute Gasteiger partial charge is 0.315 e. The summed E-state index contributed by atoms with van der Waals surface area (Å²) in [6.45, 7) is 4.61. The van der Waals surface area contributed by atoms with Crippen molar-refractivity contribution >= 4 is 6.03 Å². The summed E-state index contributed by atoms with van der Waals surface area (Å²) in [5.74, 6) is 0.433. The molecule has 19 heavy (non-hydrogen) atoms. The van der Waals surface area contributed by atoms with E-state index in [1.807, 2.05) is 19.1 Å². The molecule has 1 aromatic carbocycles. The predicted octanol–water partition coefficient (Wildman–Crippen LogP) is 2.25. The number of rotatable bonds is 4. The third-order valence-electron chi connectivity index (χ3n) is 3.74. The van der Waals surface area contributed by atoms with Gasteiger partial charge in [0.25, 0.3) is 0 Å². The van der Waals surface area contributed by atoms with Gasteiger partial charge in [0.2, 0.25) is 0 Å². The lowest BCUT2D eigenvalue weighted by atomic mass is 10.0. The molecule has 2 amide bonds. The molecular formula is C15H22N2O2. The fraction of sp³-hybridized carbons (Fsp3) is 0.533. The van der Waals surface area contributed by atoms with Gasteiger partial charge in [0.05, 0.1) is 12.1 Å². The Hall–Kier alpha value is -1.55. The van der Waals surface area contributed by atoms with Crippen LogP contribution in [0.3, 0.4) is 0 Å². The lowest BCUT2D eigenvalue weighted by molar-refractivity contribution is 0.118. The summed E-state index contributed by atoms with van der Waals surface area (Å²) in [5, 5.41) is 5.90. The van der Waals surface area contributed by atoms with E-state index in [1.165, 1.54) is 11.1 Å². The number of carbonyl (C=O) groups excluding carboxylic acids is 1. The summed E-state index contributed by atoms with van der Waals surface area (Å²) in [6.07, 6.45) is 1.05. The minimum absolute atomic E-state index is 0.0269. The number of fused-ring (bicyclic) bond motifs is 1. The van der Waals surface area contributed by atoms with E-state index in [9.17, 15) is 4.79 Å². The zero-order valence-corrected chi connectivity index (χ0v) is 11.8. The maximum absolute atomic E-state index is 11.9. The molecule has 4 heteroatoms. The second-order valence-electron chi connectivity index (χ2n) is 5.26. The second-order valence-corrected chi connectivity index (χ2v) is 5.26. The molecule has 0 aliphatic heterocycles. The Labute approximate surface area is 114 Å². The van der Waals surface area contributed by atoms with E-state index in [0.717, 1.165) is 6.42 Å². The summed E-state index contributed by atoms with van der Waals surface area (Å²) in [5.41, 5.74) is 2.58. The van der Waals surface area contributed by atoms with Crippen molar-refractivity contribution < 1.29 is 9.53 Å².